The Kier molecular flexibility index (Phi) is 3.73. The molecule has 1 aliphatic carbocycles. The lowest BCUT2D eigenvalue weighted by Gasteiger charge is -2.32. The molecule has 3 aromatic rings. The Morgan fingerprint density at radius 2 is 1.72 bits per heavy atom. The van der Waals surface area contributed by atoms with Crippen molar-refractivity contribution in [2.75, 3.05) is 0 Å². The van der Waals surface area contributed by atoms with Crippen molar-refractivity contribution in [3.05, 3.63) is 99.3 Å². The van der Waals surface area contributed by atoms with Gasteiger partial charge in [0.1, 0.15) is 11.6 Å². The van der Waals surface area contributed by atoms with E-state index in [0.29, 0.717) is 16.6 Å². The molecule has 4 rings (SSSR count). The molecule has 0 heterocycles. The first kappa shape index (κ1) is 16.0. The van der Waals surface area contributed by atoms with Gasteiger partial charge < -0.3 is 10.5 Å². The number of halogens is 2. The van der Waals surface area contributed by atoms with E-state index in [0.717, 1.165) is 22.3 Å². The summed E-state index contributed by atoms with van der Waals surface area (Å²) in [4.78, 5) is 0. The summed E-state index contributed by atoms with van der Waals surface area (Å²) in [6.45, 7) is 0. The van der Waals surface area contributed by atoms with Gasteiger partial charge in [-0.2, -0.15) is 0 Å². The maximum atomic E-state index is 13.8. The van der Waals surface area contributed by atoms with Gasteiger partial charge in [0.2, 0.25) is 0 Å². The minimum atomic E-state index is -0.622. The Morgan fingerprint density at radius 3 is 2.48 bits per heavy atom. The molecule has 1 atom stereocenters. The highest BCUT2D eigenvalue weighted by atomic mass is 79.9. The Balaban J connectivity index is 2.07. The van der Waals surface area contributed by atoms with Crippen LogP contribution in [0, 0.1) is 11.2 Å². The fourth-order valence-electron chi connectivity index (χ4n) is 3.79. The summed E-state index contributed by atoms with van der Waals surface area (Å²) in [5.41, 5.74) is 3.60. The summed E-state index contributed by atoms with van der Waals surface area (Å²) in [5, 5.41) is 18.5. The molecule has 0 aromatic heterocycles. The predicted molar refractivity (Wildman–Crippen MR) is 100.0 cm³/mol. The van der Waals surface area contributed by atoms with Gasteiger partial charge in [-0.1, -0.05) is 42.5 Å². The monoisotopic (exact) mass is 395 g/mol. The van der Waals surface area contributed by atoms with E-state index in [1.165, 1.54) is 6.07 Å². The summed E-state index contributed by atoms with van der Waals surface area (Å²) >= 11 is 3.28. The van der Waals surface area contributed by atoms with E-state index in [-0.39, 0.29) is 11.6 Å². The molecule has 124 valence electrons. The molecule has 2 N–H and O–H groups in total. The summed E-state index contributed by atoms with van der Waals surface area (Å²) in [6.07, 6.45) is 0.466. The van der Waals surface area contributed by atoms with Crippen molar-refractivity contribution < 1.29 is 9.50 Å². The lowest BCUT2D eigenvalue weighted by atomic mass is 9.70. The van der Waals surface area contributed by atoms with Crippen LogP contribution in [0.5, 0.6) is 5.75 Å². The molecule has 0 radical (unpaired) electrons. The molecule has 0 amide bonds. The van der Waals surface area contributed by atoms with E-state index in [1.807, 2.05) is 30.3 Å². The maximum absolute atomic E-state index is 13.8. The van der Waals surface area contributed by atoms with Crippen molar-refractivity contribution in [3.63, 3.8) is 0 Å². The average molecular weight is 396 g/mol. The van der Waals surface area contributed by atoms with Gasteiger partial charge in [0.15, 0.2) is 0 Å². The number of hydrogen-bond acceptors (Lipinski definition) is 2. The summed E-state index contributed by atoms with van der Waals surface area (Å²) in [6, 6.07) is 19.9. The molecule has 3 aromatic carbocycles. The van der Waals surface area contributed by atoms with Gasteiger partial charge in [-0.25, -0.2) is 4.39 Å². The SMILES string of the molecule is N=C1CC(c2cccc(O)c2)(c2ccc(F)c(Br)c2)c2ccccc21. The zero-order valence-corrected chi connectivity index (χ0v) is 14.8. The number of phenolic OH excluding ortho intramolecular Hbond substituents is 1. The number of nitrogens with one attached hydrogen (secondary N) is 1. The topological polar surface area (TPSA) is 44.1 Å². The van der Waals surface area contributed by atoms with Crippen LogP contribution in [-0.4, -0.2) is 10.8 Å². The highest BCUT2D eigenvalue weighted by molar-refractivity contribution is 9.10. The van der Waals surface area contributed by atoms with E-state index < -0.39 is 5.41 Å². The predicted octanol–water partition coefficient (Wildman–Crippen LogP) is 5.40. The van der Waals surface area contributed by atoms with Crippen molar-refractivity contribution >= 4 is 21.6 Å². The third-order valence-corrected chi connectivity index (χ3v) is 5.51. The standard InChI is InChI=1S/C21H15BrFNO/c22-18-11-14(8-9-19(18)23)21(13-4-3-5-15(25)10-13)12-20(24)16-6-1-2-7-17(16)21/h1-11,24-25H,12H2. The van der Waals surface area contributed by atoms with Crippen LogP contribution >= 0.6 is 15.9 Å². The molecule has 4 heteroatoms. The fraction of sp³-hybridized carbons (Fsp3) is 0.0952. The molecule has 0 saturated carbocycles. The van der Waals surface area contributed by atoms with Crippen molar-refractivity contribution in [2.24, 2.45) is 0 Å². The smallest absolute Gasteiger partial charge is 0.137 e. The van der Waals surface area contributed by atoms with Crippen LogP contribution in [0.3, 0.4) is 0 Å². The Hall–Kier alpha value is -2.46. The van der Waals surface area contributed by atoms with E-state index in [1.54, 1.807) is 30.3 Å². The zero-order chi connectivity index (χ0) is 17.6. The van der Waals surface area contributed by atoms with Gasteiger partial charge in [-0.3, -0.25) is 0 Å². The number of rotatable bonds is 2. The molecule has 25 heavy (non-hydrogen) atoms. The Bertz CT molecular complexity index is 1000. The molecule has 1 unspecified atom stereocenters. The van der Waals surface area contributed by atoms with Crippen molar-refractivity contribution in [2.45, 2.75) is 11.8 Å². The van der Waals surface area contributed by atoms with Crippen LogP contribution in [0.4, 0.5) is 4.39 Å². The highest BCUT2D eigenvalue weighted by Gasteiger charge is 2.44. The van der Waals surface area contributed by atoms with Gasteiger partial charge in [0, 0.05) is 12.1 Å². The summed E-state index contributed by atoms with van der Waals surface area (Å²) in [7, 11) is 0. The molecule has 0 fully saturated rings. The first-order chi connectivity index (χ1) is 12.0. The minimum absolute atomic E-state index is 0.175. The first-order valence-corrected chi connectivity index (χ1v) is 8.74. The van der Waals surface area contributed by atoms with E-state index >= 15 is 0 Å². The van der Waals surface area contributed by atoms with Crippen LogP contribution in [-0.2, 0) is 5.41 Å². The van der Waals surface area contributed by atoms with Gasteiger partial charge in [-0.05, 0) is 62.4 Å². The molecule has 0 spiro atoms. The van der Waals surface area contributed by atoms with Gasteiger partial charge in [0.05, 0.1) is 9.89 Å². The van der Waals surface area contributed by atoms with Crippen LogP contribution in [0.25, 0.3) is 0 Å². The number of hydrogen-bond donors (Lipinski definition) is 2. The van der Waals surface area contributed by atoms with Gasteiger partial charge >= 0.3 is 0 Å². The quantitative estimate of drug-likeness (QED) is 0.599. The van der Waals surface area contributed by atoms with E-state index in [4.69, 9.17) is 5.41 Å². The van der Waals surface area contributed by atoms with Gasteiger partial charge in [-0.15, -0.1) is 0 Å². The number of fused-ring (bicyclic) bond motifs is 1. The number of aromatic hydroxyl groups is 1. The van der Waals surface area contributed by atoms with E-state index in [9.17, 15) is 9.50 Å². The van der Waals surface area contributed by atoms with Crippen LogP contribution in [0.2, 0.25) is 0 Å². The lowest BCUT2D eigenvalue weighted by molar-refractivity contribution is 0.473. The summed E-state index contributed by atoms with van der Waals surface area (Å²) < 4.78 is 14.2. The minimum Gasteiger partial charge on any atom is -0.508 e. The molecule has 2 nitrogen and oxygen atoms in total. The highest BCUT2D eigenvalue weighted by Crippen LogP contribution is 2.49. The van der Waals surface area contributed by atoms with Crippen molar-refractivity contribution in [1.29, 1.82) is 5.41 Å². The summed E-state index contributed by atoms with van der Waals surface area (Å²) in [5.74, 6) is -0.148. The molecular weight excluding hydrogens is 381 g/mol. The second-order valence-electron chi connectivity index (χ2n) is 6.29. The third-order valence-electron chi connectivity index (χ3n) is 4.91. The molecule has 0 bridgehead atoms. The molecule has 0 saturated heterocycles. The second kappa shape index (κ2) is 5.81. The zero-order valence-electron chi connectivity index (χ0n) is 13.3. The second-order valence-corrected chi connectivity index (χ2v) is 7.14. The van der Waals surface area contributed by atoms with Crippen molar-refractivity contribution in [1.82, 2.24) is 0 Å². The Morgan fingerprint density at radius 1 is 0.960 bits per heavy atom. The average Bonchev–Trinajstić information content (AvgIpc) is 2.92. The van der Waals surface area contributed by atoms with Crippen LogP contribution in [0.1, 0.15) is 28.7 Å². The largest absolute Gasteiger partial charge is 0.508 e. The molecule has 0 aliphatic heterocycles. The number of benzene rings is 3. The van der Waals surface area contributed by atoms with Gasteiger partial charge in [0.25, 0.3) is 0 Å². The fourth-order valence-corrected chi connectivity index (χ4v) is 4.17. The molecular formula is C21H15BrFNO. The van der Waals surface area contributed by atoms with Crippen LogP contribution in [0.15, 0.2) is 71.2 Å². The van der Waals surface area contributed by atoms with Crippen molar-refractivity contribution in [3.8, 4) is 5.75 Å². The van der Waals surface area contributed by atoms with Crippen LogP contribution < -0.4 is 0 Å². The lowest BCUT2D eigenvalue weighted by Crippen LogP contribution is -2.27. The maximum Gasteiger partial charge on any atom is 0.137 e. The normalized spacial score (nSPS) is 19.0. The third kappa shape index (κ3) is 2.40. The number of phenols is 1. The first-order valence-electron chi connectivity index (χ1n) is 7.95. The Labute approximate surface area is 153 Å². The molecule has 1 aliphatic rings. The van der Waals surface area contributed by atoms with E-state index in [2.05, 4.69) is 15.9 Å².